The maximum atomic E-state index is 6.60. The fourth-order valence-corrected chi connectivity index (χ4v) is 17.2. The summed E-state index contributed by atoms with van der Waals surface area (Å²) in [5.74, 6) is 1.36. The Hall–Kier alpha value is -16.2. The molecule has 0 bridgehead atoms. The molecule has 6 aromatic heterocycles. The number of pyridine rings is 2. The first-order valence-corrected chi connectivity index (χ1v) is 40.4. The summed E-state index contributed by atoms with van der Waals surface area (Å²) in [7, 11) is 0. The lowest BCUT2D eigenvalue weighted by atomic mass is 9.89. The van der Waals surface area contributed by atoms with Gasteiger partial charge in [0.05, 0.1) is 45.2 Å². The Morgan fingerprint density at radius 3 is 0.792 bits per heavy atom. The van der Waals surface area contributed by atoms with E-state index in [9.17, 15) is 0 Å². The average Bonchev–Trinajstić information content (AvgIpc) is 1.47. The smallest absolute Gasteiger partial charge is 0.160 e. The fraction of sp³-hybridized carbons (Fsp3) is 0. The molecule has 560 valence electrons. The van der Waals surface area contributed by atoms with E-state index in [0.717, 1.165) is 200 Å². The second-order valence-electron chi connectivity index (χ2n) is 30.3. The van der Waals surface area contributed by atoms with E-state index in [4.69, 9.17) is 38.7 Å². The van der Waals surface area contributed by atoms with Crippen molar-refractivity contribution in [1.82, 2.24) is 29.9 Å². The number of benzene rings is 17. The highest BCUT2D eigenvalue weighted by Gasteiger charge is 2.25. The van der Waals surface area contributed by atoms with Gasteiger partial charge in [0.25, 0.3) is 0 Å². The van der Waals surface area contributed by atoms with Crippen LogP contribution < -0.4 is 0 Å². The van der Waals surface area contributed by atoms with Gasteiger partial charge in [0.15, 0.2) is 11.6 Å². The van der Waals surface area contributed by atoms with Gasteiger partial charge < -0.3 is 8.83 Å². The van der Waals surface area contributed by atoms with Gasteiger partial charge in [-0.25, -0.2) is 29.9 Å². The van der Waals surface area contributed by atoms with Crippen LogP contribution in [0.4, 0.5) is 0 Å². The third kappa shape index (κ3) is 13.0. The maximum Gasteiger partial charge on any atom is 0.160 e. The van der Waals surface area contributed by atoms with Crippen LogP contribution in [0, 0.1) is 0 Å². The molecule has 0 saturated heterocycles. The van der Waals surface area contributed by atoms with Gasteiger partial charge in [-0.05, 0) is 105 Å². The number of nitrogens with zero attached hydrogens (tertiary/aromatic N) is 6. The third-order valence-electron chi connectivity index (χ3n) is 23.0. The SMILES string of the molecule is c1ccc(-c2cc(-c3ccccc3)nc(-c3cccc(-c4ccc(-c5nc6ccccc6c6c(-c7ccccc7)c7c(cc56)oc5ccccc57)cc4)c3)n2)cc1.c1ccc(-c2ccc(-c3cc(-c4ccccc4)nc(-c4cccc(-c5ccc(-c6nc7ccccc7c7c(-c8ccccc8)c8c(cc67)oc6ccccc68)cc5)c4)n3)cc2)cc1. The molecular formula is C112H70N6O2. The molecule has 8 nitrogen and oxygen atoms in total. The van der Waals surface area contributed by atoms with Gasteiger partial charge in [-0.3, -0.25) is 0 Å². The molecule has 0 atom stereocenters. The number of fused-ring (bicyclic) bond motifs is 12. The summed E-state index contributed by atoms with van der Waals surface area (Å²) in [4.78, 5) is 31.2. The van der Waals surface area contributed by atoms with Gasteiger partial charge in [0.1, 0.15) is 22.3 Å². The number of hydrogen-bond acceptors (Lipinski definition) is 8. The summed E-state index contributed by atoms with van der Waals surface area (Å²) in [6, 6.07) is 148. The highest BCUT2D eigenvalue weighted by molar-refractivity contribution is 6.29. The zero-order valence-corrected chi connectivity index (χ0v) is 64.9. The van der Waals surface area contributed by atoms with Crippen molar-refractivity contribution in [3.05, 3.63) is 425 Å². The van der Waals surface area contributed by atoms with Crippen LogP contribution in [0.3, 0.4) is 0 Å². The van der Waals surface area contributed by atoms with Crippen molar-refractivity contribution in [2.75, 3.05) is 0 Å². The lowest BCUT2D eigenvalue weighted by Gasteiger charge is -2.16. The van der Waals surface area contributed by atoms with E-state index in [2.05, 4.69) is 346 Å². The van der Waals surface area contributed by atoms with Crippen molar-refractivity contribution >= 4 is 87.2 Å². The highest BCUT2D eigenvalue weighted by Crippen LogP contribution is 2.49. The molecule has 0 amide bonds. The second kappa shape index (κ2) is 30.2. The molecule has 23 rings (SSSR count). The Morgan fingerprint density at radius 1 is 0.150 bits per heavy atom. The maximum absolute atomic E-state index is 6.60. The molecule has 0 saturated carbocycles. The third-order valence-corrected chi connectivity index (χ3v) is 23.0. The molecule has 6 heterocycles. The van der Waals surface area contributed by atoms with E-state index in [1.807, 2.05) is 78.9 Å². The second-order valence-corrected chi connectivity index (χ2v) is 30.3. The molecular weight excluding hydrogens is 1460 g/mol. The van der Waals surface area contributed by atoms with E-state index in [0.29, 0.717) is 11.6 Å². The van der Waals surface area contributed by atoms with Crippen molar-refractivity contribution in [2.24, 2.45) is 0 Å². The van der Waals surface area contributed by atoms with Crippen molar-refractivity contribution in [2.45, 2.75) is 0 Å². The van der Waals surface area contributed by atoms with Crippen molar-refractivity contribution < 1.29 is 8.83 Å². The number of hydrogen-bond donors (Lipinski definition) is 0. The van der Waals surface area contributed by atoms with Gasteiger partial charge in [-0.15, -0.1) is 0 Å². The van der Waals surface area contributed by atoms with Gasteiger partial charge in [0.2, 0.25) is 0 Å². The minimum absolute atomic E-state index is 0.676. The van der Waals surface area contributed by atoms with Gasteiger partial charge in [0, 0.05) is 109 Å². The zero-order valence-electron chi connectivity index (χ0n) is 64.9. The standard InChI is InChI=1S/C59H37N3O.C53H33N3O/c1-4-15-38(16-5-1)39-27-31-42(32-28-39)52-37-51(41-17-6-2-7-18-41)61-59(62-52)46-22-14-21-45(35-46)40-29-33-44(34-30-40)58-49-36-54-57(48-24-11-13-26-53(48)63-54)55(43-19-8-3-9-20-43)56(49)47-23-10-12-25-50(47)60-58;1-4-15-35(16-5-1)45-33-46(36-17-6-2-7-18-36)56-53(55-45)40-22-14-21-39(31-40)34-27-29-38(30-28-34)52-43-32-48-51(42-24-11-13-26-47(42)57-48)49(37-19-8-3-9-20-37)50(43)41-23-10-12-25-44(41)54-52/h1-37H;1-33H. The molecule has 0 aliphatic rings. The molecule has 17 aromatic carbocycles. The van der Waals surface area contributed by atoms with Crippen LogP contribution in [0.15, 0.2) is 433 Å². The molecule has 8 heteroatoms. The minimum atomic E-state index is 0.676. The van der Waals surface area contributed by atoms with Crippen LogP contribution in [-0.4, -0.2) is 29.9 Å². The molecule has 0 unspecified atom stereocenters. The number of para-hydroxylation sites is 4. The Balaban J connectivity index is 0.000000145. The number of rotatable bonds is 13. The summed E-state index contributed by atoms with van der Waals surface area (Å²) >= 11 is 0. The summed E-state index contributed by atoms with van der Waals surface area (Å²) in [6.45, 7) is 0. The first kappa shape index (κ1) is 70.5. The predicted octanol–water partition coefficient (Wildman–Crippen LogP) is 29.8. The predicted molar refractivity (Wildman–Crippen MR) is 495 cm³/mol. The summed E-state index contributed by atoms with van der Waals surface area (Å²) in [6.07, 6.45) is 0. The lowest BCUT2D eigenvalue weighted by molar-refractivity contribution is 0.669. The molecule has 0 spiro atoms. The van der Waals surface area contributed by atoms with Gasteiger partial charge >= 0.3 is 0 Å². The molecule has 0 aliphatic carbocycles. The molecule has 23 aromatic rings. The average molecular weight is 1530 g/mol. The highest BCUT2D eigenvalue weighted by atomic mass is 16.3. The summed E-state index contributed by atoms with van der Waals surface area (Å²) in [5, 5.41) is 11.1. The van der Waals surface area contributed by atoms with Crippen LogP contribution in [0.2, 0.25) is 0 Å². The molecule has 120 heavy (non-hydrogen) atoms. The van der Waals surface area contributed by atoms with Crippen LogP contribution in [0.5, 0.6) is 0 Å². The zero-order chi connectivity index (χ0) is 79.4. The van der Waals surface area contributed by atoms with Gasteiger partial charge in [-0.2, -0.15) is 0 Å². The minimum Gasteiger partial charge on any atom is -0.456 e. The Labute approximate surface area is 692 Å². The first-order valence-electron chi connectivity index (χ1n) is 40.4. The van der Waals surface area contributed by atoms with E-state index >= 15 is 0 Å². The summed E-state index contributed by atoms with van der Waals surface area (Å²) in [5.41, 5.74) is 30.2. The molecule has 0 fully saturated rings. The van der Waals surface area contributed by atoms with E-state index in [1.54, 1.807) is 0 Å². The number of furan rings is 2. The Kier molecular flexibility index (Phi) is 17.8. The number of aromatic nitrogens is 6. The van der Waals surface area contributed by atoms with Crippen molar-refractivity contribution in [1.29, 1.82) is 0 Å². The lowest BCUT2D eigenvalue weighted by Crippen LogP contribution is -1.96. The Bertz CT molecular complexity index is 7780. The summed E-state index contributed by atoms with van der Waals surface area (Å²) < 4.78 is 13.2. The van der Waals surface area contributed by atoms with Crippen LogP contribution >= 0.6 is 0 Å². The largest absolute Gasteiger partial charge is 0.456 e. The van der Waals surface area contributed by atoms with Crippen molar-refractivity contribution in [3.8, 4) is 146 Å². The first-order chi connectivity index (χ1) is 59.5. The molecule has 0 aliphatic heterocycles. The van der Waals surface area contributed by atoms with Gasteiger partial charge in [-0.1, -0.05) is 364 Å². The van der Waals surface area contributed by atoms with Crippen LogP contribution in [0.25, 0.3) is 233 Å². The van der Waals surface area contributed by atoms with E-state index in [-0.39, 0.29) is 0 Å². The van der Waals surface area contributed by atoms with Crippen LogP contribution in [-0.2, 0) is 0 Å². The van der Waals surface area contributed by atoms with E-state index < -0.39 is 0 Å². The quantitative estimate of drug-likeness (QED) is 0.105. The van der Waals surface area contributed by atoms with Crippen LogP contribution in [0.1, 0.15) is 0 Å². The van der Waals surface area contributed by atoms with E-state index in [1.165, 1.54) is 21.9 Å². The topological polar surface area (TPSA) is 104 Å². The fourth-order valence-electron chi connectivity index (χ4n) is 17.2. The molecule has 0 radical (unpaired) electrons. The molecule has 0 N–H and O–H groups in total. The Morgan fingerprint density at radius 2 is 0.417 bits per heavy atom. The normalized spacial score (nSPS) is 11.5. The monoisotopic (exact) mass is 1530 g/mol. The van der Waals surface area contributed by atoms with Crippen molar-refractivity contribution in [3.63, 3.8) is 0 Å².